The van der Waals surface area contributed by atoms with Gasteiger partial charge in [0.05, 0.1) is 19.9 Å². The molecule has 134 valence electrons. The number of anilines is 1. The molecule has 2 rings (SSSR count). The predicted octanol–water partition coefficient (Wildman–Crippen LogP) is 0.989. The summed E-state index contributed by atoms with van der Waals surface area (Å²) in [6.45, 7) is 1.71. The van der Waals surface area contributed by atoms with Crippen molar-refractivity contribution in [2.45, 2.75) is 18.9 Å². The second kappa shape index (κ2) is 7.96. The highest BCUT2D eigenvalue weighted by atomic mass is 32.2. The molecule has 0 unspecified atom stereocenters. The van der Waals surface area contributed by atoms with Crippen molar-refractivity contribution in [3.63, 3.8) is 0 Å². The Morgan fingerprint density at radius 2 is 2.04 bits per heavy atom. The van der Waals surface area contributed by atoms with Crippen LogP contribution in [0, 0.1) is 0 Å². The summed E-state index contributed by atoms with van der Waals surface area (Å²) in [6.07, 6.45) is 2.69. The van der Waals surface area contributed by atoms with Gasteiger partial charge < -0.3 is 10.1 Å². The van der Waals surface area contributed by atoms with Crippen molar-refractivity contribution in [1.29, 1.82) is 0 Å². The number of methoxy groups -OCH3 is 1. The molecular weight excluding hydrogens is 330 g/mol. The van der Waals surface area contributed by atoms with Crippen molar-refractivity contribution in [3.8, 4) is 5.75 Å². The van der Waals surface area contributed by atoms with E-state index in [9.17, 15) is 13.2 Å². The maximum Gasteiger partial charge on any atom is 0.238 e. The number of carbonyl (C=O) groups is 1. The second-order valence-electron chi connectivity index (χ2n) is 6.07. The van der Waals surface area contributed by atoms with E-state index in [0.29, 0.717) is 31.1 Å². The lowest BCUT2D eigenvalue weighted by molar-refractivity contribution is -0.117. The minimum Gasteiger partial charge on any atom is -0.497 e. The zero-order chi connectivity index (χ0) is 17.7. The molecule has 1 aliphatic heterocycles. The van der Waals surface area contributed by atoms with E-state index < -0.39 is 10.0 Å². The second-order valence-corrected chi connectivity index (χ2v) is 8.11. The van der Waals surface area contributed by atoms with E-state index in [4.69, 9.17) is 4.74 Å². The molecular formula is C16H25N3O4S. The van der Waals surface area contributed by atoms with Gasteiger partial charge >= 0.3 is 0 Å². The fourth-order valence-electron chi connectivity index (χ4n) is 2.82. The number of hydrogen-bond donors (Lipinski definition) is 1. The van der Waals surface area contributed by atoms with Crippen LogP contribution in [-0.2, 0) is 14.8 Å². The molecule has 7 nitrogen and oxygen atoms in total. The lowest BCUT2D eigenvalue weighted by Gasteiger charge is -2.35. The van der Waals surface area contributed by atoms with Crippen LogP contribution >= 0.6 is 0 Å². The van der Waals surface area contributed by atoms with Crippen LogP contribution in [0.1, 0.15) is 12.8 Å². The summed E-state index contributed by atoms with van der Waals surface area (Å²) in [4.78, 5) is 14.2. The largest absolute Gasteiger partial charge is 0.497 e. The summed E-state index contributed by atoms with van der Waals surface area (Å²) in [5.74, 6) is 0.607. The normalized spacial score (nSPS) is 17.0. The monoisotopic (exact) mass is 355 g/mol. The van der Waals surface area contributed by atoms with E-state index in [1.54, 1.807) is 20.2 Å². The molecule has 0 radical (unpaired) electrons. The van der Waals surface area contributed by atoms with Gasteiger partial charge in [0.15, 0.2) is 0 Å². The molecule has 0 atom stereocenters. The lowest BCUT2D eigenvalue weighted by atomic mass is 10.1. The number of nitrogens with one attached hydrogen (secondary N) is 1. The van der Waals surface area contributed by atoms with E-state index in [2.05, 4.69) is 5.32 Å². The van der Waals surface area contributed by atoms with Gasteiger partial charge in [-0.2, -0.15) is 0 Å². The molecule has 0 aliphatic carbocycles. The van der Waals surface area contributed by atoms with Crippen LogP contribution < -0.4 is 10.1 Å². The molecule has 0 bridgehead atoms. The quantitative estimate of drug-likeness (QED) is 0.823. The highest BCUT2D eigenvalue weighted by Gasteiger charge is 2.27. The Morgan fingerprint density at radius 1 is 1.38 bits per heavy atom. The highest BCUT2D eigenvalue weighted by molar-refractivity contribution is 7.88. The molecule has 24 heavy (non-hydrogen) atoms. The zero-order valence-electron chi connectivity index (χ0n) is 14.4. The molecule has 0 spiro atoms. The Kier molecular flexibility index (Phi) is 6.20. The van der Waals surface area contributed by atoms with Gasteiger partial charge in [-0.15, -0.1) is 0 Å². The van der Waals surface area contributed by atoms with Gasteiger partial charge in [-0.25, -0.2) is 12.7 Å². The number of amides is 1. The van der Waals surface area contributed by atoms with Crippen LogP contribution in [0.2, 0.25) is 0 Å². The maximum absolute atomic E-state index is 12.2. The average molecular weight is 355 g/mol. The average Bonchev–Trinajstić information content (AvgIpc) is 2.54. The summed E-state index contributed by atoms with van der Waals surface area (Å²) in [5.41, 5.74) is 0.700. The molecule has 0 aromatic heterocycles. The number of likely N-dealkylation sites (tertiary alicyclic amines) is 1. The van der Waals surface area contributed by atoms with Crippen LogP contribution in [0.4, 0.5) is 5.69 Å². The number of piperidine rings is 1. The molecule has 1 aromatic carbocycles. The van der Waals surface area contributed by atoms with Gasteiger partial charge in [0.1, 0.15) is 5.75 Å². The molecule has 1 N–H and O–H groups in total. The van der Waals surface area contributed by atoms with E-state index in [1.165, 1.54) is 10.6 Å². The van der Waals surface area contributed by atoms with Gasteiger partial charge in [-0.05, 0) is 25.0 Å². The third kappa shape index (κ3) is 5.19. The molecule has 8 heteroatoms. The lowest BCUT2D eigenvalue weighted by Crippen LogP contribution is -2.47. The summed E-state index contributed by atoms with van der Waals surface area (Å²) in [5, 5.41) is 2.86. The third-order valence-corrected chi connectivity index (χ3v) is 5.66. The SMILES string of the molecule is COc1cccc(NC(=O)CN2CCC(N(C)S(C)(=O)=O)CC2)c1. The summed E-state index contributed by atoms with van der Waals surface area (Å²) in [6, 6.07) is 7.23. The summed E-state index contributed by atoms with van der Waals surface area (Å²) < 4.78 is 29.7. The maximum atomic E-state index is 12.2. The van der Waals surface area contributed by atoms with Crippen LogP contribution in [0.5, 0.6) is 5.75 Å². The topological polar surface area (TPSA) is 79.0 Å². The minimum absolute atomic E-state index is 0.0118. The Hall–Kier alpha value is -1.64. The van der Waals surface area contributed by atoms with Crippen LogP contribution in [0.25, 0.3) is 0 Å². The number of sulfonamides is 1. The molecule has 1 aromatic rings. The first kappa shape index (κ1) is 18.7. The first-order chi connectivity index (χ1) is 11.3. The molecule has 1 amide bonds. The number of ether oxygens (including phenoxy) is 1. The first-order valence-electron chi connectivity index (χ1n) is 7.89. The van der Waals surface area contributed by atoms with E-state index in [0.717, 1.165) is 12.8 Å². The van der Waals surface area contributed by atoms with Crippen molar-refractivity contribution in [2.24, 2.45) is 0 Å². The van der Waals surface area contributed by atoms with Gasteiger partial charge in [0.25, 0.3) is 0 Å². The summed E-state index contributed by atoms with van der Waals surface area (Å²) >= 11 is 0. The molecule has 1 aliphatic rings. The number of carbonyl (C=O) groups excluding carboxylic acids is 1. The Morgan fingerprint density at radius 3 is 2.62 bits per heavy atom. The van der Waals surface area contributed by atoms with Gasteiger partial charge in [0.2, 0.25) is 15.9 Å². The van der Waals surface area contributed by atoms with Crippen molar-refractivity contribution in [2.75, 3.05) is 45.4 Å². The van der Waals surface area contributed by atoms with Gasteiger partial charge in [-0.1, -0.05) is 6.07 Å². The van der Waals surface area contributed by atoms with E-state index in [-0.39, 0.29) is 11.9 Å². The molecule has 0 saturated carbocycles. The van der Waals surface area contributed by atoms with Crippen molar-refractivity contribution in [1.82, 2.24) is 9.21 Å². The number of rotatable bonds is 6. The predicted molar refractivity (Wildman–Crippen MR) is 93.7 cm³/mol. The number of hydrogen-bond acceptors (Lipinski definition) is 5. The van der Waals surface area contributed by atoms with Crippen molar-refractivity contribution in [3.05, 3.63) is 24.3 Å². The minimum atomic E-state index is -3.17. The van der Waals surface area contributed by atoms with Crippen molar-refractivity contribution >= 4 is 21.6 Å². The Labute approximate surface area is 143 Å². The molecule has 1 heterocycles. The molecule has 1 fully saturated rings. The van der Waals surface area contributed by atoms with Gasteiger partial charge in [0, 0.05) is 37.9 Å². The number of benzene rings is 1. The molecule has 1 saturated heterocycles. The first-order valence-corrected chi connectivity index (χ1v) is 9.73. The number of nitrogens with zero attached hydrogens (tertiary/aromatic N) is 2. The fraction of sp³-hybridized carbons (Fsp3) is 0.562. The van der Waals surface area contributed by atoms with E-state index >= 15 is 0 Å². The van der Waals surface area contributed by atoms with Gasteiger partial charge in [-0.3, -0.25) is 9.69 Å². The smallest absolute Gasteiger partial charge is 0.238 e. The fourth-order valence-corrected chi connectivity index (χ4v) is 3.57. The van der Waals surface area contributed by atoms with Crippen molar-refractivity contribution < 1.29 is 17.9 Å². The summed E-state index contributed by atoms with van der Waals surface area (Å²) in [7, 11) is 0.0315. The standard InChI is InChI=1S/C16H25N3O4S/c1-18(24(3,21)22)14-7-9-19(10-8-14)12-16(20)17-13-5-4-6-15(11-13)23-2/h4-6,11,14H,7-10,12H2,1-3H3,(H,17,20). The highest BCUT2D eigenvalue weighted by Crippen LogP contribution is 2.19. The Bertz CT molecular complexity index is 670. The van der Waals surface area contributed by atoms with Crippen LogP contribution in [-0.4, -0.2) is 69.6 Å². The Balaban J connectivity index is 1.82. The van der Waals surface area contributed by atoms with Crippen LogP contribution in [0.15, 0.2) is 24.3 Å². The third-order valence-electron chi connectivity index (χ3n) is 4.32. The zero-order valence-corrected chi connectivity index (χ0v) is 15.2. The van der Waals surface area contributed by atoms with Crippen LogP contribution in [0.3, 0.4) is 0 Å². The van der Waals surface area contributed by atoms with E-state index in [1.807, 2.05) is 23.1 Å².